The molecule has 0 radical (unpaired) electrons. The molecule has 1 aromatic rings. The third kappa shape index (κ3) is 4.17. The van der Waals surface area contributed by atoms with Gasteiger partial charge in [0.05, 0.1) is 5.88 Å². The standard InChI is InChI=1S/C16H23N5O2S/c22-14(17-8-9-20-16-18-6-3-7-19-16)13-10-24-11-21(13)15(23)12-4-1-2-5-12/h3,6-7,12-13H,1-2,4-5,8-11H2,(H,17,22)(H,18,19,20)/t13-/m0/s1. The molecule has 2 aliphatic rings. The van der Waals surface area contributed by atoms with Gasteiger partial charge in [0.2, 0.25) is 17.8 Å². The molecule has 8 heteroatoms. The lowest BCUT2D eigenvalue weighted by atomic mass is 10.1. The van der Waals surface area contributed by atoms with E-state index in [4.69, 9.17) is 0 Å². The Morgan fingerprint density at radius 1 is 1.21 bits per heavy atom. The van der Waals surface area contributed by atoms with Crippen LogP contribution in [-0.2, 0) is 9.59 Å². The van der Waals surface area contributed by atoms with Crippen LogP contribution in [0.3, 0.4) is 0 Å². The third-order valence-electron chi connectivity index (χ3n) is 4.45. The topological polar surface area (TPSA) is 87.2 Å². The molecule has 1 aliphatic heterocycles. The highest BCUT2D eigenvalue weighted by molar-refractivity contribution is 7.99. The third-order valence-corrected chi connectivity index (χ3v) is 5.46. The molecule has 0 bridgehead atoms. The summed E-state index contributed by atoms with van der Waals surface area (Å²) in [5.74, 6) is 2.07. The first-order valence-electron chi connectivity index (χ1n) is 8.42. The predicted molar refractivity (Wildman–Crippen MR) is 93.4 cm³/mol. The summed E-state index contributed by atoms with van der Waals surface area (Å²) in [7, 11) is 0. The lowest BCUT2D eigenvalue weighted by Gasteiger charge is -2.25. The van der Waals surface area contributed by atoms with Crippen molar-refractivity contribution in [2.45, 2.75) is 31.7 Å². The van der Waals surface area contributed by atoms with Crippen LogP contribution in [0.2, 0.25) is 0 Å². The Hall–Kier alpha value is -1.83. The van der Waals surface area contributed by atoms with Crippen molar-refractivity contribution in [2.24, 2.45) is 5.92 Å². The first kappa shape index (κ1) is 17.0. The molecule has 1 saturated carbocycles. The summed E-state index contributed by atoms with van der Waals surface area (Å²) in [6, 6.07) is 1.41. The van der Waals surface area contributed by atoms with Gasteiger partial charge in [0.1, 0.15) is 6.04 Å². The van der Waals surface area contributed by atoms with E-state index in [1.165, 1.54) is 0 Å². The van der Waals surface area contributed by atoms with E-state index in [1.54, 1.807) is 35.1 Å². The number of hydrogen-bond acceptors (Lipinski definition) is 6. The fraction of sp³-hybridized carbons (Fsp3) is 0.625. The molecule has 2 fully saturated rings. The Bertz CT molecular complexity index is 565. The van der Waals surface area contributed by atoms with Gasteiger partial charge in [-0.3, -0.25) is 9.59 Å². The second-order valence-corrected chi connectivity index (χ2v) is 7.10. The van der Waals surface area contributed by atoms with Crippen LogP contribution in [0.1, 0.15) is 25.7 Å². The van der Waals surface area contributed by atoms with E-state index < -0.39 is 0 Å². The Balaban J connectivity index is 1.44. The van der Waals surface area contributed by atoms with Gasteiger partial charge in [-0.2, -0.15) is 0 Å². The number of rotatable bonds is 6. The summed E-state index contributed by atoms with van der Waals surface area (Å²) in [6.07, 6.45) is 7.51. The van der Waals surface area contributed by atoms with Crippen LogP contribution in [0.5, 0.6) is 0 Å². The van der Waals surface area contributed by atoms with Crippen molar-refractivity contribution in [3.8, 4) is 0 Å². The lowest BCUT2D eigenvalue weighted by molar-refractivity contribution is -0.141. The minimum absolute atomic E-state index is 0.0675. The van der Waals surface area contributed by atoms with Crippen molar-refractivity contribution in [3.05, 3.63) is 18.5 Å². The van der Waals surface area contributed by atoms with Crippen molar-refractivity contribution < 1.29 is 9.59 Å². The second kappa shape index (κ2) is 8.32. The predicted octanol–water partition coefficient (Wildman–Crippen LogP) is 1.10. The van der Waals surface area contributed by atoms with Crippen molar-refractivity contribution in [3.63, 3.8) is 0 Å². The summed E-state index contributed by atoms with van der Waals surface area (Å²) < 4.78 is 0. The van der Waals surface area contributed by atoms with Gasteiger partial charge in [0.25, 0.3) is 0 Å². The maximum absolute atomic E-state index is 12.6. The monoisotopic (exact) mass is 349 g/mol. The SMILES string of the molecule is O=C(NCCNc1ncccn1)[C@@H]1CSCN1C(=O)C1CCCC1. The molecule has 2 amide bonds. The Morgan fingerprint density at radius 3 is 2.71 bits per heavy atom. The zero-order chi connectivity index (χ0) is 16.8. The number of nitrogens with one attached hydrogen (secondary N) is 2. The molecule has 1 aromatic heterocycles. The molecule has 0 aromatic carbocycles. The van der Waals surface area contributed by atoms with Crippen LogP contribution in [0.4, 0.5) is 5.95 Å². The molecule has 1 saturated heterocycles. The van der Waals surface area contributed by atoms with Gasteiger partial charge in [-0.1, -0.05) is 12.8 Å². The van der Waals surface area contributed by atoms with Crippen molar-refractivity contribution in [2.75, 3.05) is 30.0 Å². The van der Waals surface area contributed by atoms with E-state index in [9.17, 15) is 9.59 Å². The summed E-state index contributed by atoms with van der Waals surface area (Å²) >= 11 is 1.65. The average molecular weight is 349 g/mol. The molecule has 130 valence electrons. The van der Waals surface area contributed by atoms with Gasteiger partial charge in [-0.05, 0) is 18.9 Å². The number of nitrogens with zero attached hydrogens (tertiary/aromatic N) is 3. The minimum atomic E-state index is -0.337. The molecule has 0 spiro atoms. The Kier molecular flexibility index (Phi) is 5.90. The molecule has 2 heterocycles. The molecule has 1 atom stereocenters. The summed E-state index contributed by atoms with van der Waals surface area (Å²) in [6.45, 7) is 1.02. The zero-order valence-corrected chi connectivity index (χ0v) is 14.4. The van der Waals surface area contributed by atoms with Crippen LogP contribution in [0.15, 0.2) is 18.5 Å². The Morgan fingerprint density at radius 2 is 1.96 bits per heavy atom. The van der Waals surface area contributed by atoms with Gasteiger partial charge in [-0.15, -0.1) is 11.8 Å². The minimum Gasteiger partial charge on any atom is -0.353 e. The fourth-order valence-corrected chi connectivity index (χ4v) is 4.32. The van der Waals surface area contributed by atoms with Gasteiger partial charge in [0.15, 0.2) is 0 Å². The Labute approximate surface area is 146 Å². The van der Waals surface area contributed by atoms with E-state index in [2.05, 4.69) is 20.6 Å². The largest absolute Gasteiger partial charge is 0.353 e. The molecule has 0 unspecified atom stereocenters. The number of carbonyl (C=O) groups excluding carboxylic acids is 2. The van der Waals surface area contributed by atoms with E-state index in [0.29, 0.717) is 30.7 Å². The van der Waals surface area contributed by atoms with Crippen molar-refractivity contribution in [1.29, 1.82) is 0 Å². The first-order chi connectivity index (χ1) is 11.8. The lowest BCUT2D eigenvalue weighted by Crippen LogP contribution is -2.49. The number of aromatic nitrogens is 2. The molecular formula is C16H23N5O2S. The van der Waals surface area contributed by atoms with Crippen LogP contribution in [0.25, 0.3) is 0 Å². The average Bonchev–Trinajstić information content (AvgIpc) is 3.30. The van der Waals surface area contributed by atoms with Crippen LogP contribution in [0, 0.1) is 5.92 Å². The molecule has 24 heavy (non-hydrogen) atoms. The van der Waals surface area contributed by atoms with Gasteiger partial charge in [-0.25, -0.2) is 9.97 Å². The number of carbonyl (C=O) groups is 2. The quantitative estimate of drug-likeness (QED) is 0.748. The van der Waals surface area contributed by atoms with Crippen molar-refractivity contribution >= 4 is 29.5 Å². The molecular weight excluding hydrogens is 326 g/mol. The van der Waals surface area contributed by atoms with Crippen LogP contribution in [-0.4, -0.2) is 57.4 Å². The van der Waals surface area contributed by atoms with Gasteiger partial charge >= 0.3 is 0 Å². The van der Waals surface area contributed by atoms with Gasteiger partial charge in [0, 0.05) is 37.2 Å². The zero-order valence-electron chi connectivity index (χ0n) is 13.6. The van der Waals surface area contributed by atoms with Crippen LogP contribution < -0.4 is 10.6 Å². The molecule has 2 N–H and O–H groups in total. The van der Waals surface area contributed by atoms with E-state index in [0.717, 1.165) is 25.7 Å². The van der Waals surface area contributed by atoms with Crippen LogP contribution >= 0.6 is 11.8 Å². The molecule has 3 rings (SSSR count). The highest BCUT2D eigenvalue weighted by Gasteiger charge is 2.38. The smallest absolute Gasteiger partial charge is 0.243 e. The maximum Gasteiger partial charge on any atom is 0.243 e. The van der Waals surface area contributed by atoms with Crippen molar-refractivity contribution in [1.82, 2.24) is 20.2 Å². The highest BCUT2D eigenvalue weighted by Crippen LogP contribution is 2.30. The number of thioether (sulfide) groups is 1. The maximum atomic E-state index is 12.6. The van der Waals surface area contributed by atoms with E-state index >= 15 is 0 Å². The van der Waals surface area contributed by atoms with E-state index in [-0.39, 0.29) is 23.8 Å². The molecule has 1 aliphatic carbocycles. The normalized spacial score (nSPS) is 21.0. The number of amides is 2. The summed E-state index contributed by atoms with van der Waals surface area (Å²) in [5, 5.41) is 5.95. The van der Waals surface area contributed by atoms with E-state index in [1.807, 2.05) is 0 Å². The summed E-state index contributed by atoms with van der Waals surface area (Å²) in [5.41, 5.74) is 0. The summed E-state index contributed by atoms with van der Waals surface area (Å²) in [4.78, 5) is 34.9. The fourth-order valence-electron chi connectivity index (χ4n) is 3.15. The van der Waals surface area contributed by atoms with Gasteiger partial charge < -0.3 is 15.5 Å². The second-order valence-electron chi connectivity index (χ2n) is 6.10. The number of hydrogen-bond donors (Lipinski definition) is 2. The number of anilines is 1. The highest BCUT2D eigenvalue weighted by atomic mass is 32.2. The first-order valence-corrected chi connectivity index (χ1v) is 9.58. The molecule has 7 nitrogen and oxygen atoms in total.